The second-order valence-corrected chi connectivity index (χ2v) is 7.60. The Labute approximate surface area is 150 Å². The van der Waals surface area contributed by atoms with Gasteiger partial charge in [0, 0.05) is 11.4 Å². The second kappa shape index (κ2) is 5.88. The Morgan fingerprint density at radius 1 is 1.16 bits per heavy atom. The van der Waals surface area contributed by atoms with Crippen molar-refractivity contribution in [2.24, 2.45) is 0 Å². The van der Waals surface area contributed by atoms with E-state index in [0.717, 1.165) is 47.4 Å². The average Bonchev–Trinajstić information content (AvgIpc) is 3.28. The van der Waals surface area contributed by atoms with Gasteiger partial charge in [-0.05, 0) is 55.9 Å². The van der Waals surface area contributed by atoms with E-state index in [0.29, 0.717) is 6.79 Å². The van der Waals surface area contributed by atoms with E-state index in [2.05, 4.69) is 27.4 Å². The quantitative estimate of drug-likeness (QED) is 0.771. The SMILES string of the molecule is Cc1nc(NCCc2ccc3c(c2)OCO3)c2c3c(sc2n1)CCC3. The summed E-state index contributed by atoms with van der Waals surface area (Å²) in [6.45, 7) is 3.11. The molecule has 6 heteroatoms. The predicted octanol–water partition coefficient (Wildman–Crippen LogP) is 3.87. The van der Waals surface area contributed by atoms with Gasteiger partial charge in [0.2, 0.25) is 6.79 Å². The van der Waals surface area contributed by atoms with Gasteiger partial charge in [0.1, 0.15) is 16.5 Å². The molecular formula is C19H19N3O2S. The molecule has 2 aromatic heterocycles. The highest BCUT2D eigenvalue weighted by Gasteiger charge is 2.21. The second-order valence-electron chi connectivity index (χ2n) is 6.52. The van der Waals surface area contributed by atoms with Gasteiger partial charge in [0.05, 0.1) is 5.39 Å². The zero-order valence-electron chi connectivity index (χ0n) is 14.1. The average molecular weight is 353 g/mol. The van der Waals surface area contributed by atoms with Crippen molar-refractivity contribution in [1.82, 2.24) is 9.97 Å². The lowest BCUT2D eigenvalue weighted by Gasteiger charge is -2.09. The molecule has 0 fully saturated rings. The Kier molecular flexibility index (Phi) is 3.52. The van der Waals surface area contributed by atoms with E-state index in [1.165, 1.54) is 34.2 Å². The molecule has 0 saturated heterocycles. The maximum atomic E-state index is 5.46. The first-order valence-electron chi connectivity index (χ1n) is 8.69. The topological polar surface area (TPSA) is 56.3 Å². The molecule has 5 rings (SSSR count). The van der Waals surface area contributed by atoms with E-state index in [-0.39, 0.29) is 0 Å². The molecule has 128 valence electrons. The fourth-order valence-electron chi connectivity index (χ4n) is 3.65. The van der Waals surface area contributed by atoms with Crippen LogP contribution in [0.25, 0.3) is 10.2 Å². The Balaban J connectivity index is 1.37. The third kappa shape index (κ3) is 2.61. The first-order valence-corrected chi connectivity index (χ1v) is 9.51. The smallest absolute Gasteiger partial charge is 0.231 e. The van der Waals surface area contributed by atoms with Gasteiger partial charge in [-0.15, -0.1) is 11.3 Å². The lowest BCUT2D eigenvalue weighted by atomic mass is 10.1. The number of hydrogen-bond acceptors (Lipinski definition) is 6. The molecule has 25 heavy (non-hydrogen) atoms. The van der Waals surface area contributed by atoms with Crippen LogP contribution in [-0.2, 0) is 19.3 Å². The number of benzene rings is 1. The number of aryl methyl sites for hydroxylation is 3. The molecule has 3 heterocycles. The van der Waals surface area contributed by atoms with Crippen LogP contribution < -0.4 is 14.8 Å². The van der Waals surface area contributed by atoms with Gasteiger partial charge < -0.3 is 14.8 Å². The summed E-state index contributed by atoms with van der Waals surface area (Å²) in [5, 5.41) is 4.79. The van der Waals surface area contributed by atoms with Crippen molar-refractivity contribution in [1.29, 1.82) is 0 Å². The molecule has 0 radical (unpaired) electrons. The van der Waals surface area contributed by atoms with Gasteiger partial charge in [-0.1, -0.05) is 6.07 Å². The molecule has 1 aliphatic carbocycles. The molecule has 0 unspecified atom stereocenters. The number of nitrogens with one attached hydrogen (secondary N) is 1. The number of fused-ring (bicyclic) bond motifs is 4. The number of aromatic nitrogens is 2. The molecule has 3 aromatic rings. The Bertz CT molecular complexity index is 967. The molecule has 1 aliphatic heterocycles. The molecule has 0 spiro atoms. The van der Waals surface area contributed by atoms with Gasteiger partial charge in [0.15, 0.2) is 11.5 Å². The Morgan fingerprint density at radius 3 is 3.04 bits per heavy atom. The lowest BCUT2D eigenvalue weighted by Crippen LogP contribution is -2.08. The number of ether oxygens (including phenoxy) is 2. The van der Waals surface area contributed by atoms with Crippen LogP contribution in [-0.4, -0.2) is 23.3 Å². The van der Waals surface area contributed by atoms with Crippen molar-refractivity contribution in [3.05, 3.63) is 40.0 Å². The van der Waals surface area contributed by atoms with Crippen LogP contribution in [0.3, 0.4) is 0 Å². The fourth-order valence-corrected chi connectivity index (χ4v) is 4.96. The van der Waals surface area contributed by atoms with Crippen molar-refractivity contribution in [2.45, 2.75) is 32.6 Å². The summed E-state index contributed by atoms with van der Waals surface area (Å²) in [4.78, 5) is 11.9. The molecule has 1 N–H and O–H groups in total. The molecule has 0 amide bonds. The minimum absolute atomic E-state index is 0.318. The molecule has 2 aliphatic rings. The summed E-state index contributed by atoms with van der Waals surface area (Å²) in [6, 6.07) is 6.14. The number of anilines is 1. The Hall–Kier alpha value is -2.34. The lowest BCUT2D eigenvalue weighted by molar-refractivity contribution is 0.174. The highest BCUT2D eigenvalue weighted by atomic mass is 32.1. The third-order valence-electron chi connectivity index (χ3n) is 4.82. The van der Waals surface area contributed by atoms with E-state index in [9.17, 15) is 0 Å². The zero-order chi connectivity index (χ0) is 16.8. The molecule has 0 bridgehead atoms. The number of thiophene rings is 1. The maximum absolute atomic E-state index is 5.46. The van der Waals surface area contributed by atoms with Crippen LogP contribution in [0.2, 0.25) is 0 Å². The normalized spacial score (nSPS) is 14.9. The van der Waals surface area contributed by atoms with Gasteiger partial charge in [-0.3, -0.25) is 0 Å². The third-order valence-corrected chi connectivity index (χ3v) is 6.01. The van der Waals surface area contributed by atoms with Gasteiger partial charge in [0.25, 0.3) is 0 Å². The van der Waals surface area contributed by atoms with Gasteiger partial charge in [-0.2, -0.15) is 0 Å². The molecule has 0 atom stereocenters. The highest BCUT2D eigenvalue weighted by Crippen LogP contribution is 2.39. The van der Waals surface area contributed by atoms with Crippen LogP contribution in [0.15, 0.2) is 18.2 Å². The standard InChI is InChI=1S/C19H19N3O2S/c1-11-21-18(17-13-3-2-4-16(13)25-19(17)22-11)20-8-7-12-5-6-14-15(9-12)24-10-23-14/h5-6,9H,2-4,7-8,10H2,1H3,(H,20,21,22). The van der Waals surface area contributed by atoms with Gasteiger partial charge >= 0.3 is 0 Å². The highest BCUT2D eigenvalue weighted by molar-refractivity contribution is 7.19. The maximum Gasteiger partial charge on any atom is 0.231 e. The van der Waals surface area contributed by atoms with E-state index in [1.807, 2.05) is 24.3 Å². The first kappa shape index (κ1) is 15.0. The fraction of sp³-hybridized carbons (Fsp3) is 0.368. The zero-order valence-corrected chi connectivity index (χ0v) is 14.9. The van der Waals surface area contributed by atoms with Crippen molar-refractivity contribution >= 4 is 27.4 Å². The van der Waals surface area contributed by atoms with Gasteiger partial charge in [-0.25, -0.2) is 9.97 Å². The van der Waals surface area contributed by atoms with Crippen LogP contribution in [0.4, 0.5) is 5.82 Å². The van der Waals surface area contributed by atoms with E-state index < -0.39 is 0 Å². The summed E-state index contributed by atoms with van der Waals surface area (Å²) < 4.78 is 10.8. The summed E-state index contributed by atoms with van der Waals surface area (Å²) in [7, 11) is 0. The number of hydrogen-bond donors (Lipinski definition) is 1. The number of rotatable bonds is 4. The van der Waals surface area contributed by atoms with Crippen LogP contribution >= 0.6 is 11.3 Å². The first-order chi connectivity index (χ1) is 12.3. The summed E-state index contributed by atoms with van der Waals surface area (Å²) in [6.07, 6.45) is 4.50. The van der Waals surface area contributed by atoms with Crippen molar-refractivity contribution in [2.75, 3.05) is 18.7 Å². The number of nitrogens with zero attached hydrogens (tertiary/aromatic N) is 2. The van der Waals surface area contributed by atoms with Crippen LogP contribution in [0.5, 0.6) is 11.5 Å². The van der Waals surface area contributed by atoms with Crippen LogP contribution in [0, 0.1) is 6.92 Å². The minimum atomic E-state index is 0.318. The van der Waals surface area contributed by atoms with Crippen molar-refractivity contribution < 1.29 is 9.47 Å². The predicted molar refractivity (Wildman–Crippen MR) is 98.9 cm³/mol. The summed E-state index contributed by atoms with van der Waals surface area (Å²) >= 11 is 1.84. The molecule has 5 nitrogen and oxygen atoms in total. The minimum Gasteiger partial charge on any atom is -0.454 e. The van der Waals surface area contributed by atoms with E-state index in [1.54, 1.807) is 0 Å². The summed E-state index contributed by atoms with van der Waals surface area (Å²) in [5.41, 5.74) is 2.69. The van der Waals surface area contributed by atoms with Crippen molar-refractivity contribution in [3.63, 3.8) is 0 Å². The summed E-state index contributed by atoms with van der Waals surface area (Å²) in [5.74, 6) is 3.49. The van der Waals surface area contributed by atoms with E-state index >= 15 is 0 Å². The molecule has 1 aromatic carbocycles. The van der Waals surface area contributed by atoms with Crippen molar-refractivity contribution in [3.8, 4) is 11.5 Å². The van der Waals surface area contributed by atoms with E-state index in [4.69, 9.17) is 9.47 Å². The monoisotopic (exact) mass is 353 g/mol. The largest absolute Gasteiger partial charge is 0.454 e. The van der Waals surface area contributed by atoms with Crippen LogP contribution in [0.1, 0.15) is 28.2 Å². The molecule has 0 saturated carbocycles. The Morgan fingerprint density at radius 2 is 2.08 bits per heavy atom. The molecular weight excluding hydrogens is 334 g/mol.